The fourth-order valence-corrected chi connectivity index (χ4v) is 1.14. The summed E-state index contributed by atoms with van der Waals surface area (Å²) in [4.78, 5) is 17.1. The van der Waals surface area contributed by atoms with Gasteiger partial charge in [-0.1, -0.05) is 0 Å². The molecule has 4 N–H and O–H groups in total. The zero-order valence-corrected chi connectivity index (χ0v) is 6.61. The number of aromatic carboxylic acids is 1. The summed E-state index contributed by atoms with van der Waals surface area (Å²) in [6.45, 7) is 0. The van der Waals surface area contributed by atoms with Crippen LogP contribution in [0.3, 0.4) is 0 Å². The van der Waals surface area contributed by atoms with Crippen molar-refractivity contribution in [2.45, 2.75) is 0 Å². The quantitative estimate of drug-likeness (QED) is 0.601. The molecule has 2 heterocycles. The molecule has 0 aliphatic rings. The van der Waals surface area contributed by atoms with Crippen LogP contribution in [0, 0.1) is 0 Å². The smallest absolute Gasteiger partial charge is 0.352 e. The van der Waals surface area contributed by atoms with E-state index in [0.717, 1.165) is 5.39 Å². The number of nitrogens with zero attached hydrogens (tertiary/aromatic N) is 1. The zero-order valence-electron chi connectivity index (χ0n) is 6.61. The van der Waals surface area contributed by atoms with E-state index in [1.54, 1.807) is 12.1 Å². The van der Waals surface area contributed by atoms with Gasteiger partial charge in [-0.2, -0.15) is 0 Å². The van der Waals surface area contributed by atoms with Gasteiger partial charge >= 0.3 is 5.97 Å². The first-order chi connectivity index (χ1) is 6.16. The van der Waals surface area contributed by atoms with Crippen molar-refractivity contribution in [3.8, 4) is 0 Å². The Kier molecular flexibility index (Phi) is 1.45. The van der Waals surface area contributed by atoms with Gasteiger partial charge in [-0.05, 0) is 18.2 Å². The average molecular weight is 177 g/mol. The standard InChI is InChI=1S/C8H7N3O2/c9-6-2-1-4-3-5(8(12)13)10-7(4)11-6/h1-3H,(H,12,13)(H3,9,10,11). The Morgan fingerprint density at radius 3 is 3.00 bits per heavy atom. The molecule has 0 unspecified atom stereocenters. The highest BCUT2D eigenvalue weighted by atomic mass is 16.4. The number of aromatic nitrogens is 2. The molecule has 0 saturated heterocycles. The summed E-state index contributed by atoms with van der Waals surface area (Å²) < 4.78 is 0. The highest BCUT2D eigenvalue weighted by Crippen LogP contribution is 2.14. The third-order valence-corrected chi connectivity index (χ3v) is 1.73. The van der Waals surface area contributed by atoms with Gasteiger partial charge in [0.25, 0.3) is 0 Å². The maximum atomic E-state index is 10.6. The molecule has 0 aromatic carbocycles. The molecule has 0 fully saturated rings. The Hall–Kier alpha value is -2.04. The molecular weight excluding hydrogens is 170 g/mol. The monoisotopic (exact) mass is 177 g/mol. The molecule has 66 valence electrons. The van der Waals surface area contributed by atoms with Crippen LogP contribution in [-0.4, -0.2) is 21.0 Å². The van der Waals surface area contributed by atoms with E-state index in [0.29, 0.717) is 11.5 Å². The number of aromatic amines is 1. The number of carbonyl (C=O) groups is 1. The Morgan fingerprint density at radius 1 is 1.54 bits per heavy atom. The first-order valence-corrected chi connectivity index (χ1v) is 3.65. The number of anilines is 1. The van der Waals surface area contributed by atoms with E-state index in [-0.39, 0.29) is 5.69 Å². The van der Waals surface area contributed by atoms with Crippen molar-refractivity contribution >= 4 is 22.8 Å². The number of nitrogens with one attached hydrogen (secondary N) is 1. The molecule has 0 aliphatic carbocycles. The van der Waals surface area contributed by atoms with Crippen LogP contribution in [0.2, 0.25) is 0 Å². The summed E-state index contributed by atoms with van der Waals surface area (Å²) in [6, 6.07) is 4.87. The molecule has 13 heavy (non-hydrogen) atoms. The minimum atomic E-state index is -1.00. The summed E-state index contributed by atoms with van der Waals surface area (Å²) in [6.07, 6.45) is 0. The molecule has 0 atom stereocenters. The van der Waals surface area contributed by atoms with Gasteiger partial charge in [-0.25, -0.2) is 9.78 Å². The summed E-state index contributed by atoms with van der Waals surface area (Å²) in [5.74, 6) is -0.636. The fraction of sp³-hybridized carbons (Fsp3) is 0. The van der Waals surface area contributed by atoms with Crippen molar-refractivity contribution in [3.63, 3.8) is 0 Å². The second kappa shape index (κ2) is 2.48. The second-order valence-corrected chi connectivity index (χ2v) is 2.66. The van der Waals surface area contributed by atoms with Gasteiger partial charge in [-0.3, -0.25) is 0 Å². The van der Waals surface area contributed by atoms with Crippen LogP contribution in [0.4, 0.5) is 5.82 Å². The highest BCUT2D eigenvalue weighted by Gasteiger charge is 2.07. The molecule has 0 saturated carbocycles. The van der Waals surface area contributed by atoms with Crippen LogP contribution in [0.5, 0.6) is 0 Å². The lowest BCUT2D eigenvalue weighted by Gasteiger charge is -1.90. The minimum Gasteiger partial charge on any atom is -0.477 e. The van der Waals surface area contributed by atoms with E-state index in [1.165, 1.54) is 6.07 Å². The third-order valence-electron chi connectivity index (χ3n) is 1.73. The molecule has 5 nitrogen and oxygen atoms in total. The van der Waals surface area contributed by atoms with Crippen molar-refractivity contribution in [2.24, 2.45) is 0 Å². The molecular formula is C8H7N3O2. The highest BCUT2D eigenvalue weighted by molar-refractivity contribution is 5.92. The second-order valence-electron chi connectivity index (χ2n) is 2.66. The summed E-state index contributed by atoms with van der Waals surface area (Å²) in [7, 11) is 0. The molecule has 2 aromatic rings. The number of pyridine rings is 1. The Balaban J connectivity index is 2.68. The van der Waals surface area contributed by atoms with Crippen molar-refractivity contribution in [2.75, 3.05) is 5.73 Å². The number of rotatable bonds is 1. The van der Waals surface area contributed by atoms with Gasteiger partial charge in [0.15, 0.2) is 0 Å². The maximum absolute atomic E-state index is 10.6. The van der Waals surface area contributed by atoms with Crippen LogP contribution in [-0.2, 0) is 0 Å². The minimum absolute atomic E-state index is 0.119. The number of nitrogens with two attached hydrogens (primary N) is 1. The number of carboxylic acids is 1. The largest absolute Gasteiger partial charge is 0.477 e. The lowest BCUT2D eigenvalue weighted by atomic mass is 10.3. The van der Waals surface area contributed by atoms with Crippen molar-refractivity contribution in [1.29, 1.82) is 0 Å². The van der Waals surface area contributed by atoms with Gasteiger partial charge in [0.1, 0.15) is 17.2 Å². The van der Waals surface area contributed by atoms with Crippen LogP contribution in [0.15, 0.2) is 18.2 Å². The third kappa shape index (κ3) is 1.20. The lowest BCUT2D eigenvalue weighted by Crippen LogP contribution is -1.95. The molecule has 0 bridgehead atoms. The number of hydrogen-bond donors (Lipinski definition) is 3. The van der Waals surface area contributed by atoms with Crippen LogP contribution in [0.25, 0.3) is 11.0 Å². The van der Waals surface area contributed by atoms with Crippen LogP contribution >= 0.6 is 0 Å². The van der Waals surface area contributed by atoms with Crippen molar-refractivity contribution < 1.29 is 9.90 Å². The first-order valence-electron chi connectivity index (χ1n) is 3.65. The predicted octanol–water partition coefficient (Wildman–Crippen LogP) is 0.843. The first kappa shape index (κ1) is 7.60. The number of carboxylic acid groups (broad SMARTS) is 1. The molecule has 2 rings (SSSR count). The van der Waals surface area contributed by atoms with E-state index < -0.39 is 5.97 Å². The van der Waals surface area contributed by atoms with Crippen molar-refractivity contribution in [3.05, 3.63) is 23.9 Å². The van der Waals surface area contributed by atoms with Crippen molar-refractivity contribution in [1.82, 2.24) is 9.97 Å². The lowest BCUT2D eigenvalue weighted by molar-refractivity contribution is 0.0691. The number of hydrogen-bond acceptors (Lipinski definition) is 3. The molecule has 5 heteroatoms. The van der Waals surface area contributed by atoms with E-state index in [1.807, 2.05) is 0 Å². The van der Waals surface area contributed by atoms with E-state index >= 15 is 0 Å². The topological polar surface area (TPSA) is 92.0 Å². The fourth-order valence-electron chi connectivity index (χ4n) is 1.14. The van der Waals surface area contributed by atoms with Gasteiger partial charge in [0.2, 0.25) is 0 Å². The zero-order chi connectivity index (χ0) is 9.42. The van der Waals surface area contributed by atoms with E-state index in [4.69, 9.17) is 10.8 Å². The van der Waals surface area contributed by atoms with Gasteiger partial charge < -0.3 is 15.8 Å². The Morgan fingerprint density at radius 2 is 2.31 bits per heavy atom. The van der Waals surface area contributed by atoms with Gasteiger partial charge in [0, 0.05) is 5.39 Å². The van der Waals surface area contributed by atoms with Gasteiger partial charge in [0.05, 0.1) is 0 Å². The summed E-state index contributed by atoms with van der Waals surface area (Å²) in [5, 5.41) is 9.41. The van der Waals surface area contributed by atoms with Crippen LogP contribution in [0.1, 0.15) is 10.5 Å². The Labute approximate surface area is 73.2 Å². The summed E-state index contributed by atoms with van der Waals surface area (Å²) in [5.41, 5.74) is 6.05. The summed E-state index contributed by atoms with van der Waals surface area (Å²) >= 11 is 0. The Bertz CT molecular complexity index is 475. The van der Waals surface area contributed by atoms with Gasteiger partial charge in [-0.15, -0.1) is 0 Å². The molecule has 0 radical (unpaired) electrons. The number of H-pyrrole nitrogens is 1. The SMILES string of the molecule is Nc1ccc2cc(C(=O)O)[nH]c2n1. The average Bonchev–Trinajstić information content (AvgIpc) is 2.46. The van der Waals surface area contributed by atoms with E-state index in [2.05, 4.69) is 9.97 Å². The molecule has 0 spiro atoms. The molecule has 2 aromatic heterocycles. The molecule has 0 aliphatic heterocycles. The number of fused-ring (bicyclic) bond motifs is 1. The molecule has 0 amide bonds. The maximum Gasteiger partial charge on any atom is 0.352 e. The predicted molar refractivity (Wildman–Crippen MR) is 47.5 cm³/mol. The normalized spacial score (nSPS) is 10.5. The van der Waals surface area contributed by atoms with E-state index in [9.17, 15) is 4.79 Å². The van der Waals surface area contributed by atoms with Crippen LogP contribution < -0.4 is 5.73 Å². The number of nitrogen functional groups attached to an aromatic ring is 1.